The van der Waals surface area contributed by atoms with Crippen LogP contribution in [0, 0.1) is 6.92 Å². The van der Waals surface area contributed by atoms with Crippen molar-refractivity contribution in [1.29, 1.82) is 0 Å². The van der Waals surface area contributed by atoms with Crippen LogP contribution in [-0.4, -0.2) is 18.4 Å². The van der Waals surface area contributed by atoms with Crippen molar-refractivity contribution in [2.24, 2.45) is 0 Å². The van der Waals surface area contributed by atoms with E-state index in [9.17, 15) is 4.79 Å². The molecule has 0 radical (unpaired) electrons. The fourth-order valence-corrected chi connectivity index (χ4v) is 1.78. The van der Waals surface area contributed by atoms with E-state index >= 15 is 0 Å². The second kappa shape index (κ2) is 4.72. The quantitative estimate of drug-likeness (QED) is 0.581. The van der Waals surface area contributed by atoms with E-state index in [0.29, 0.717) is 12.2 Å². The lowest BCUT2D eigenvalue weighted by Crippen LogP contribution is -2.35. The Bertz CT molecular complexity index is 451. The summed E-state index contributed by atoms with van der Waals surface area (Å²) in [5, 5.41) is 0. The van der Waals surface area contributed by atoms with Crippen LogP contribution < -0.4 is 0 Å². The third kappa shape index (κ3) is 2.74. The highest BCUT2D eigenvalue weighted by Crippen LogP contribution is 2.22. The first-order valence-corrected chi connectivity index (χ1v) is 5.71. The van der Waals surface area contributed by atoms with E-state index in [1.807, 2.05) is 31.2 Å². The fraction of sp³-hybridized carbons (Fsp3) is 0.357. The number of carbonyl (C=O) groups excluding carboxylic acids is 1. The first-order chi connectivity index (χ1) is 8.11. The van der Waals surface area contributed by atoms with Gasteiger partial charge in [0.1, 0.15) is 0 Å². The van der Waals surface area contributed by atoms with Gasteiger partial charge < -0.3 is 9.47 Å². The number of hydrogen-bond acceptors (Lipinski definition) is 3. The summed E-state index contributed by atoms with van der Waals surface area (Å²) in [5.74, 6) is -1.28. The van der Waals surface area contributed by atoms with Gasteiger partial charge in [-0.25, -0.2) is 4.79 Å². The van der Waals surface area contributed by atoms with E-state index < -0.39 is 5.79 Å². The van der Waals surface area contributed by atoms with Gasteiger partial charge >= 0.3 is 5.97 Å². The molecule has 0 saturated carbocycles. The maximum Gasteiger partial charge on any atom is 0.341 e. The number of aryl methyl sites for hydroxylation is 1. The molecule has 0 spiro atoms. The van der Waals surface area contributed by atoms with Gasteiger partial charge in [0, 0.05) is 6.92 Å². The number of rotatable bonds is 2. The topological polar surface area (TPSA) is 35.5 Å². The lowest BCUT2D eigenvalue weighted by atomic mass is 10.1. The Balaban J connectivity index is 2.14. The molecule has 0 bridgehead atoms. The van der Waals surface area contributed by atoms with Crippen molar-refractivity contribution in [2.45, 2.75) is 26.1 Å². The molecule has 1 aromatic carbocycles. The maximum absolute atomic E-state index is 12.0. The van der Waals surface area contributed by atoms with E-state index in [-0.39, 0.29) is 5.97 Å². The van der Waals surface area contributed by atoms with Gasteiger partial charge in [0.2, 0.25) is 5.79 Å². The van der Waals surface area contributed by atoms with Crippen molar-refractivity contribution >= 4 is 5.97 Å². The number of carbonyl (C=O) groups is 1. The van der Waals surface area contributed by atoms with Crippen molar-refractivity contribution in [3.8, 4) is 0 Å². The molecule has 0 aliphatic carbocycles. The van der Waals surface area contributed by atoms with Gasteiger partial charge in [-0.1, -0.05) is 24.3 Å². The Labute approximate surface area is 101 Å². The molecule has 0 N–H and O–H groups in total. The molecule has 0 amide bonds. The zero-order valence-electron chi connectivity index (χ0n) is 10.1. The van der Waals surface area contributed by atoms with Crippen LogP contribution in [0.1, 0.15) is 29.3 Å². The molecule has 1 aliphatic rings. The molecule has 1 heterocycles. The van der Waals surface area contributed by atoms with Crippen molar-refractivity contribution in [2.75, 3.05) is 6.61 Å². The smallest absolute Gasteiger partial charge is 0.341 e. The zero-order chi connectivity index (χ0) is 12.3. The SMILES string of the molecule is Cc1ccccc1C(=O)O[C@]1(C)C=CCCO1. The Morgan fingerprint density at radius 1 is 1.41 bits per heavy atom. The molecule has 1 atom stereocenters. The molecule has 3 nitrogen and oxygen atoms in total. The molecule has 1 aromatic rings. The highest BCUT2D eigenvalue weighted by Gasteiger charge is 2.29. The average molecular weight is 232 g/mol. The van der Waals surface area contributed by atoms with E-state index in [4.69, 9.17) is 9.47 Å². The molecular weight excluding hydrogens is 216 g/mol. The minimum absolute atomic E-state index is 0.350. The first kappa shape index (κ1) is 11.9. The summed E-state index contributed by atoms with van der Waals surface area (Å²) in [6.07, 6.45) is 4.61. The van der Waals surface area contributed by atoms with Crippen LogP contribution in [-0.2, 0) is 9.47 Å². The average Bonchev–Trinajstić information content (AvgIpc) is 2.29. The molecule has 3 heteroatoms. The normalized spacial score (nSPS) is 23.4. The van der Waals surface area contributed by atoms with Crippen LogP contribution in [0.3, 0.4) is 0 Å². The lowest BCUT2D eigenvalue weighted by molar-refractivity contribution is -0.161. The van der Waals surface area contributed by atoms with E-state index in [1.165, 1.54) is 0 Å². The Kier molecular flexibility index (Phi) is 3.29. The number of benzene rings is 1. The summed E-state index contributed by atoms with van der Waals surface area (Å²) in [6, 6.07) is 7.36. The van der Waals surface area contributed by atoms with Crippen LogP contribution in [0.15, 0.2) is 36.4 Å². The lowest BCUT2D eigenvalue weighted by Gasteiger charge is -2.29. The van der Waals surface area contributed by atoms with Crippen LogP contribution in [0.5, 0.6) is 0 Å². The van der Waals surface area contributed by atoms with E-state index in [0.717, 1.165) is 12.0 Å². The Morgan fingerprint density at radius 3 is 2.82 bits per heavy atom. The zero-order valence-corrected chi connectivity index (χ0v) is 10.1. The van der Waals surface area contributed by atoms with Crippen LogP contribution in [0.25, 0.3) is 0 Å². The molecule has 2 rings (SSSR count). The summed E-state index contributed by atoms with van der Waals surface area (Å²) >= 11 is 0. The third-order valence-corrected chi connectivity index (χ3v) is 2.75. The molecular formula is C14H16O3. The predicted molar refractivity (Wildman–Crippen MR) is 64.7 cm³/mol. The van der Waals surface area contributed by atoms with Gasteiger partial charge in [0.25, 0.3) is 0 Å². The summed E-state index contributed by atoms with van der Waals surface area (Å²) in [4.78, 5) is 12.0. The van der Waals surface area contributed by atoms with E-state index in [2.05, 4.69) is 0 Å². The Hall–Kier alpha value is -1.61. The van der Waals surface area contributed by atoms with Crippen molar-refractivity contribution in [3.63, 3.8) is 0 Å². The number of esters is 1. The summed E-state index contributed by atoms with van der Waals surface area (Å²) < 4.78 is 10.9. The Morgan fingerprint density at radius 2 is 2.18 bits per heavy atom. The fourth-order valence-electron chi connectivity index (χ4n) is 1.78. The highest BCUT2D eigenvalue weighted by molar-refractivity contribution is 5.91. The molecule has 1 aliphatic heterocycles. The van der Waals surface area contributed by atoms with Crippen LogP contribution in [0.4, 0.5) is 0 Å². The largest absolute Gasteiger partial charge is 0.426 e. The van der Waals surface area contributed by atoms with Gasteiger partial charge in [0.05, 0.1) is 12.2 Å². The van der Waals surface area contributed by atoms with Gasteiger partial charge in [-0.3, -0.25) is 0 Å². The standard InChI is InChI=1S/C14H16O3/c1-11-7-3-4-8-12(11)13(15)17-14(2)9-5-6-10-16-14/h3-5,7-9H,6,10H2,1-2H3/t14-/m1/s1. The maximum atomic E-state index is 12.0. The molecule has 0 aromatic heterocycles. The van der Waals surface area contributed by atoms with Crippen molar-refractivity contribution in [1.82, 2.24) is 0 Å². The first-order valence-electron chi connectivity index (χ1n) is 5.71. The van der Waals surface area contributed by atoms with Crippen molar-refractivity contribution in [3.05, 3.63) is 47.5 Å². The number of ether oxygens (including phenoxy) is 2. The van der Waals surface area contributed by atoms with E-state index in [1.54, 1.807) is 19.1 Å². The molecule has 0 fully saturated rings. The monoisotopic (exact) mass is 232 g/mol. The van der Waals surface area contributed by atoms with Gasteiger partial charge in [0.15, 0.2) is 0 Å². The highest BCUT2D eigenvalue weighted by atomic mass is 16.7. The summed E-state index contributed by atoms with van der Waals surface area (Å²) in [5.41, 5.74) is 1.48. The van der Waals surface area contributed by atoms with Gasteiger partial charge in [-0.15, -0.1) is 0 Å². The molecule has 0 saturated heterocycles. The molecule has 17 heavy (non-hydrogen) atoms. The predicted octanol–water partition coefficient (Wildman–Crippen LogP) is 2.84. The second-order valence-corrected chi connectivity index (χ2v) is 4.26. The minimum Gasteiger partial charge on any atom is -0.426 e. The van der Waals surface area contributed by atoms with Crippen LogP contribution >= 0.6 is 0 Å². The number of hydrogen-bond donors (Lipinski definition) is 0. The molecule has 0 unspecified atom stereocenters. The third-order valence-electron chi connectivity index (χ3n) is 2.75. The summed E-state index contributed by atoms with van der Waals surface area (Å²) in [7, 11) is 0. The molecule has 90 valence electrons. The second-order valence-electron chi connectivity index (χ2n) is 4.26. The van der Waals surface area contributed by atoms with Gasteiger partial charge in [-0.05, 0) is 31.1 Å². The summed E-state index contributed by atoms with van der Waals surface area (Å²) in [6.45, 7) is 4.21. The van der Waals surface area contributed by atoms with Crippen LogP contribution in [0.2, 0.25) is 0 Å². The van der Waals surface area contributed by atoms with Gasteiger partial charge in [-0.2, -0.15) is 0 Å². The minimum atomic E-state index is -0.933. The van der Waals surface area contributed by atoms with Crippen molar-refractivity contribution < 1.29 is 14.3 Å².